The molecule has 14 nitrogen and oxygen atoms in total. The molecule has 64 heavy (non-hydrogen) atoms. The van der Waals surface area contributed by atoms with Gasteiger partial charge in [0.25, 0.3) is 17.7 Å². The summed E-state index contributed by atoms with van der Waals surface area (Å²) >= 11 is 0. The number of alkyl halides is 3. The van der Waals surface area contributed by atoms with E-state index in [0.29, 0.717) is 39.9 Å². The number of hydrogen-bond acceptors (Lipinski definition) is 10. The first-order valence-electron chi connectivity index (χ1n) is 22.4. The van der Waals surface area contributed by atoms with E-state index < -0.39 is 47.5 Å². The van der Waals surface area contributed by atoms with Crippen molar-refractivity contribution in [3.63, 3.8) is 0 Å². The van der Waals surface area contributed by atoms with Crippen LogP contribution < -0.4 is 16.0 Å². The van der Waals surface area contributed by atoms with Crippen molar-refractivity contribution in [2.75, 3.05) is 24.2 Å². The van der Waals surface area contributed by atoms with Crippen LogP contribution in [0.4, 0.5) is 24.5 Å². The lowest BCUT2D eigenvalue weighted by molar-refractivity contribution is -0.141. The Bertz CT molecular complexity index is 2480. The number of halogens is 3. The van der Waals surface area contributed by atoms with Gasteiger partial charge in [-0.05, 0) is 139 Å². The van der Waals surface area contributed by atoms with Crippen LogP contribution in [0.5, 0.6) is 0 Å². The van der Waals surface area contributed by atoms with E-state index >= 15 is 0 Å². The highest BCUT2D eigenvalue weighted by Crippen LogP contribution is 2.53. The molecule has 0 bridgehead atoms. The van der Waals surface area contributed by atoms with E-state index in [2.05, 4.69) is 32.9 Å². The predicted molar refractivity (Wildman–Crippen MR) is 230 cm³/mol. The number of fused-ring (bicyclic) bond motifs is 2. The molecule has 2 aliphatic heterocycles. The number of aliphatic hydroxyl groups is 2. The average Bonchev–Trinajstić information content (AvgIpc) is 3.77. The third kappa shape index (κ3) is 8.49. The van der Waals surface area contributed by atoms with Gasteiger partial charge in [0.15, 0.2) is 0 Å². The van der Waals surface area contributed by atoms with Gasteiger partial charge in [0.2, 0.25) is 5.91 Å². The van der Waals surface area contributed by atoms with E-state index in [-0.39, 0.29) is 47.5 Å². The Morgan fingerprint density at radius 1 is 0.953 bits per heavy atom. The molecule has 9 rings (SSSR count). The number of nitrogens with zero attached hydrogens (tertiary/aromatic N) is 5. The summed E-state index contributed by atoms with van der Waals surface area (Å²) in [7, 11) is 2.25. The highest BCUT2D eigenvalue weighted by molar-refractivity contribution is 6.24. The first-order chi connectivity index (χ1) is 30.4. The van der Waals surface area contributed by atoms with Crippen LogP contribution in [0.2, 0.25) is 0 Å². The molecule has 4 aromatic rings. The normalized spacial score (nSPS) is 27.5. The third-order valence-corrected chi connectivity index (χ3v) is 14.6. The van der Waals surface area contributed by atoms with Crippen molar-refractivity contribution in [1.82, 2.24) is 29.7 Å². The Morgan fingerprint density at radius 2 is 1.67 bits per heavy atom. The zero-order valence-electron chi connectivity index (χ0n) is 36.3. The van der Waals surface area contributed by atoms with Gasteiger partial charge in [-0.3, -0.25) is 24.1 Å². The number of pyridine rings is 2. The van der Waals surface area contributed by atoms with Crippen molar-refractivity contribution in [1.29, 1.82) is 0 Å². The summed E-state index contributed by atoms with van der Waals surface area (Å²) in [6.07, 6.45) is 6.69. The molecule has 3 aromatic heterocycles. The molecule has 3 saturated carbocycles. The lowest BCUT2D eigenvalue weighted by atomic mass is 9.57. The maximum Gasteiger partial charge on any atom is 0.433 e. The summed E-state index contributed by atoms with van der Waals surface area (Å²) in [5.41, 5.74) is 0.872. The molecular formula is C47H55F3N8O6. The van der Waals surface area contributed by atoms with Gasteiger partial charge < -0.3 is 31.1 Å². The van der Waals surface area contributed by atoms with Crippen LogP contribution in [0.15, 0.2) is 54.7 Å². The number of rotatable bonds is 10. The Hall–Kier alpha value is -5.39. The van der Waals surface area contributed by atoms with Gasteiger partial charge in [0.05, 0.1) is 39.7 Å². The van der Waals surface area contributed by atoms with E-state index in [9.17, 15) is 42.6 Å². The Balaban J connectivity index is 0.758. The molecule has 4 amide bonds. The van der Waals surface area contributed by atoms with Crippen LogP contribution >= 0.6 is 0 Å². The summed E-state index contributed by atoms with van der Waals surface area (Å²) in [5, 5.41) is 35.1. The number of piperidine rings is 1. The first-order valence-corrected chi connectivity index (χ1v) is 22.4. The molecule has 17 heteroatoms. The standard InChI is InChI=1S/C47H55F3N8O6/c1-45(2,64)32-25-57-30(21-36(32)53-41(60)34-8-5-9-38(52-34)47(48,49)50)20-35(55-57)27-12-10-26(11-13-27)24-56(3)29-16-18-46(19-17-29)22-28(23-46)51-33-7-4-6-31-40(33)44(63)58(43(31)62)37-14-15-39(59)54-42(37)61/h4-9,20-21,25-29,37,42,51,61,64H,10-19,22-24H2,1-3H3,(H,53,60)(H,54,59). The zero-order valence-corrected chi connectivity index (χ0v) is 36.3. The minimum absolute atomic E-state index is 0.136. The maximum absolute atomic E-state index is 13.6. The van der Waals surface area contributed by atoms with Crippen LogP contribution in [0.1, 0.15) is 145 Å². The molecule has 340 valence electrons. The summed E-state index contributed by atoms with van der Waals surface area (Å²) in [6.45, 7) is 4.17. The summed E-state index contributed by atoms with van der Waals surface area (Å²) < 4.78 is 41.5. The van der Waals surface area contributed by atoms with Gasteiger partial charge >= 0.3 is 6.18 Å². The Labute approximate surface area is 369 Å². The van der Waals surface area contributed by atoms with Gasteiger partial charge in [-0.15, -0.1) is 0 Å². The molecular weight excluding hydrogens is 830 g/mol. The second kappa shape index (κ2) is 16.6. The molecule has 5 N–H and O–H groups in total. The highest BCUT2D eigenvalue weighted by Gasteiger charge is 2.49. The van der Waals surface area contributed by atoms with Crippen molar-refractivity contribution in [2.24, 2.45) is 11.3 Å². The smallest absolute Gasteiger partial charge is 0.386 e. The fraction of sp³-hybridized carbons (Fsp3) is 0.532. The van der Waals surface area contributed by atoms with E-state index in [1.165, 1.54) is 6.07 Å². The van der Waals surface area contributed by atoms with Crippen LogP contribution in [0, 0.1) is 11.3 Å². The third-order valence-electron chi connectivity index (χ3n) is 14.6. The zero-order chi connectivity index (χ0) is 45.3. The van der Waals surface area contributed by atoms with Gasteiger partial charge in [-0.25, -0.2) is 9.50 Å². The van der Waals surface area contributed by atoms with Gasteiger partial charge in [0.1, 0.15) is 17.6 Å². The molecule has 1 aromatic carbocycles. The number of benzene rings is 1. The van der Waals surface area contributed by atoms with E-state index in [4.69, 9.17) is 5.10 Å². The largest absolute Gasteiger partial charge is 0.433 e. The number of hydrogen-bond donors (Lipinski definition) is 5. The molecule has 2 atom stereocenters. The monoisotopic (exact) mass is 884 g/mol. The lowest BCUT2D eigenvalue weighted by Crippen LogP contribution is -2.57. The fourth-order valence-electron chi connectivity index (χ4n) is 11.1. The second-order valence-electron chi connectivity index (χ2n) is 19.4. The van der Waals surface area contributed by atoms with Crippen molar-refractivity contribution < 1.29 is 42.6 Å². The predicted octanol–water partition coefficient (Wildman–Crippen LogP) is 6.83. The number of carbonyl (C=O) groups excluding carboxylic acids is 4. The molecule has 5 aliphatic rings. The van der Waals surface area contributed by atoms with Crippen molar-refractivity contribution >= 4 is 40.5 Å². The number of aromatic nitrogens is 3. The average molecular weight is 885 g/mol. The number of carbonyl (C=O) groups is 4. The minimum Gasteiger partial charge on any atom is -0.386 e. The number of anilines is 2. The topological polar surface area (TPSA) is 182 Å². The van der Waals surface area contributed by atoms with E-state index in [0.717, 1.165) is 93.5 Å². The second-order valence-corrected chi connectivity index (χ2v) is 19.4. The summed E-state index contributed by atoms with van der Waals surface area (Å²) in [4.78, 5) is 59.0. The van der Waals surface area contributed by atoms with Crippen molar-refractivity contribution in [3.05, 3.63) is 88.5 Å². The van der Waals surface area contributed by atoms with Gasteiger partial charge in [-0.2, -0.15) is 18.3 Å². The SMILES string of the molecule is CN(CC1CCC(c2cc3cc(NC(=O)c4cccc(C(F)(F)F)n4)c(C(C)(C)O)cn3n2)CC1)C1CCC2(CC1)CC(Nc1cccc3c1C(=O)N(C1CCC(=O)NC1O)C3=O)C2. The summed E-state index contributed by atoms with van der Waals surface area (Å²) in [5.74, 6) is -1.19. The van der Waals surface area contributed by atoms with Crippen LogP contribution in [0.3, 0.4) is 0 Å². The molecule has 1 spiro atoms. The molecule has 0 radical (unpaired) electrons. The maximum atomic E-state index is 13.6. The molecule has 4 fully saturated rings. The van der Waals surface area contributed by atoms with Gasteiger partial charge in [0, 0.05) is 48.4 Å². The van der Waals surface area contributed by atoms with Crippen LogP contribution in [-0.4, -0.2) is 96.2 Å². The van der Waals surface area contributed by atoms with Gasteiger partial charge in [-0.1, -0.05) is 12.1 Å². The van der Waals surface area contributed by atoms with Crippen LogP contribution in [0.25, 0.3) is 5.52 Å². The Morgan fingerprint density at radius 3 is 2.36 bits per heavy atom. The van der Waals surface area contributed by atoms with E-state index in [1.807, 2.05) is 12.1 Å². The molecule has 2 unspecified atom stereocenters. The first kappa shape index (κ1) is 43.8. The lowest BCUT2D eigenvalue weighted by Gasteiger charge is -2.53. The number of nitrogens with one attached hydrogen (secondary N) is 3. The minimum atomic E-state index is -4.70. The highest BCUT2D eigenvalue weighted by atomic mass is 19.4. The molecule has 3 aliphatic carbocycles. The quantitative estimate of drug-likeness (QED) is 0.106. The van der Waals surface area contributed by atoms with Crippen molar-refractivity contribution in [3.8, 4) is 0 Å². The summed E-state index contributed by atoms with van der Waals surface area (Å²) in [6, 6.07) is 12.0. The molecule has 5 heterocycles. The number of imide groups is 1. The number of aliphatic hydroxyl groups excluding tert-OH is 1. The molecule has 1 saturated heterocycles. The van der Waals surface area contributed by atoms with Crippen LogP contribution in [-0.2, 0) is 16.6 Å². The Kier molecular flexibility index (Phi) is 11.3. The number of amides is 4. The fourth-order valence-corrected chi connectivity index (χ4v) is 11.1. The van der Waals surface area contributed by atoms with E-state index in [1.54, 1.807) is 42.8 Å². The van der Waals surface area contributed by atoms with Crippen molar-refractivity contribution in [2.45, 2.75) is 133 Å².